The Bertz CT molecular complexity index is 667. The number of carbonyl (C=O) groups excluding carboxylic acids is 2. The Morgan fingerprint density at radius 2 is 2.00 bits per heavy atom. The normalized spacial score (nSPS) is 18.6. The van der Waals surface area contributed by atoms with Crippen LogP contribution in [0.1, 0.15) is 30.6 Å². The summed E-state index contributed by atoms with van der Waals surface area (Å²) in [5.41, 5.74) is 0.116. The zero-order valence-electron chi connectivity index (χ0n) is 11.9. The molecule has 1 fully saturated rings. The fraction of sp³-hybridized carbons (Fsp3) is 0.429. The van der Waals surface area contributed by atoms with Crippen LogP contribution in [-0.2, 0) is 14.6 Å². The third-order valence-corrected chi connectivity index (χ3v) is 5.58. The van der Waals surface area contributed by atoms with Gasteiger partial charge >= 0.3 is 0 Å². The summed E-state index contributed by atoms with van der Waals surface area (Å²) in [6, 6.07) is 5.82. The van der Waals surface area contributed by atoms with E-state index < -0.39 is 21.0 Å². The molecule has 1 saturated heterocycles. The zero-order chi connectivity index (χ0) is 15.6. The molecule has 7 heteroatoms. The molecule has 0 radical (unpaired) electrons. The van der Waals surface area contributed by atoms with Gasteiger partial charge in [0.2, 0.25) is 5.91 Å². The Morgan fingerprint density at radius 3 is 2.57 bits per heavy atom. The smallest absolute Gasteiger partial charge is 0.252 e. The van der Waals surface area contributed by atoms with Crippen molar-refractivity contribution in [3.05, 3.63) is 29.8 Å². The molecule has 0 bridgehead atoms. The van der Waals surface area contributed by atoms with Crippen molar-refractivity contribution < 1.29 is 18.0 Å². The summed E-state index contributed by atoms with van der Waals surface area (Å²) in [6.45, 7) is 3.51. The van der Waals surface area contributed by atoms with Crippen LogP contribution in [0.25, 0.3) is 0 Å². The number of nitrogens with one attached hydrogen (secondary N) is 2. The molecular formula is C14H18N2O4S. The molecule has 0 saturated carbocycles. The van der Waals surface area contributed by atoms with E-state index in [1.807, 2.05) is 0 Å². The standard InChI is InChI=1S/C14H18N2O4S/c1-9(2)21(19,20)12-6-4-3-5-11(12)14(18)16-10-7-13(17)15-8-10/h3-6,9-10H,7-8H2,1-2H3,(H,15,17)(H,16,18). The van der Waals surface area contributed by atoms with Gasteiger partial charge in [-0.25, -0.2) is 8.42 Å². The Labute approximate surface area is 123 Å². The predicted molar refractivity (Wildman–Crippen MR) is 77.6 cm³/mol. The molecule has 1 heterocycles. The molecule has 1 aromatic rings. The van der Waals surface area contributed by atoms with E-state index >= 15 is 0 Å². The van der Waals surface area contributed by atoms with Crippen molar-refractivity contribution in [2.24, 2.45) is 0 Å². The van der Waals surface area contributed by atoms with E-state index in [9.17, 15) is 18.0 Å². The number of rotatable bonds is 4. The number of hydrogen-bond acceptors (Lipinski definition) is 4. The number of hydrogen-bond donors (Lipinski definition) is 2. The van der Waals surface area contributed by atoms with Crippen LogP contribution in [-0.4, -0.2) is 38.1 Å². The molecule has 1 atom stereocenters. The minimum atomic E-state index is -3.54. The van der Waals surface area contributed by atoms with Gasteiger partial charge in [-0.3, -0.25) is 9.59 Å². The SMILES string of the molecule is CC(C)S(=O)(=O)c1ccccc1C(=O)NC1CNC(=O)C1. The fourth-order valence-electron chi connectivity index (χ4n) is 2.13. The van der Waals surface area contributed by atoms with Crippen LogP contribution < -0.4 is 10.6 Å². The van der Waals surface area contributed by atoms with Gasteiger partial charge in [0, 0.05) is 13.0 Å². The van der Waals surface area contributed by atoms with Crippen LogP contribution in [0.2, 0.25) is 0 Å². The number of benzene rings is 1. The van der Waals surface area contributed by atoms with Crippen molar-refractivity contribution in [2.75, 3.05) is 6.54 Å². The number of carbonyl (C=O) groups is 2. The van der Waals surface area contributed by atoms with Gasteiger partial charge in [-0.15, -0.1) is 0 Å². The van der Waals surface area contributed by atoms with E-state index in [4.69, 9.17) is 0 Å². The maximum atomic E-state index is 12.3. The highest BCUT2D eigenvalue weighted by atomic mass is 32.2. The first-order valence-electron chi connectivity index (χ1n) is 6.73. The quantitative estimate of drug-likeness (QED) is 0.846. The first-order chi connectivity index (χ1) is 9.82. The largest absolute Gasteiger partial charge is 0.354 e. The van der Waals surface area contributed by atoms with Crippen molar-refractivity contribution in [1.82, 2.24) is 10.6 Å². The Hall–Kier alpha value is -1.89. The van der Waals surface area contributed by atoms with Crippen LogP contribution >= 0.6 is 0 Å². The van der Waals surface area contributed by atoms with Gasteiger partial charge in [-0.1, -0.05) is 12.1 Å². The first kappa shape index (κ1) is 15.5. The summed E-state index contributed by atoms with van der Waals surface area (Å²) in [4.78, 5) is 23.4. The average Bonchev–Trinajstić information content (AvgIpc) is 2.83. The van der Waals surface area contributed by atoms with Crippen LogP contribution in [0.5, 0.6) is 0 Å². The van der Waals surface area contributed by atoms with Crippen molar-refractivity contribution in [3.8, 4) is 0 Å². The summed E-state index contributed by atoms with van der Waals surface area (Å²) >= 11 is 0. The number of sulfone groups is 1. The fourth-order valence-corrected chi connectivity index (χ4v) is 3.37. The van der Waals surface area contributed by atoms with Crippen molar-refractivity contribution >= 4 is 21.7 Å². The second-order valence-electron chi connectivity index (χ2n) is 5.27. The van der Waals surface area contributed by atoms with E-state index in [1.165, 1.54) is 12.1 Å². The number of amides is 2. The second-order valence-corrected chi connectivity index (χ2v) is 7.74. The second kappa shape index (κ2) is 5.85. The monoisotopic (exact) mass is 310 g/mol. The maximum absolute atomic E-state index is 12.3. The molecule has 2 N–H and O–H groups in total. The molecule has 0 spiro atoms. The van der Waals surface area contributed by atoms with Gasteiger partial charge in [0.05, 0.1) is 21.8 Å². The minimum absolute atomic E-state index is 0.0229. The van der Waals surface area contributed by atoms with Crippen LogP contribution in [0.4, 0.5) is 0 Å². The van der Waals surface area contributed by atoms with Crippen LogP contribution in [0.15, 0.2) is 29.2 Å². The molecule has 0 aromatic heterocycles. The molecule has 1 unspecified atom stereocenters. The summed E-state index contributed by atoms with van der Waals surface area (Å²) in [5.74, 6) is -0.597. The topological polar surface area (TPSA) is 92.3 Å². The van der Waals surface area contributed by atoms with E-state index in [1.54, 1.807) is 26.0 Å². The third-order valence-electron chi connectivity index (χ3n) is 3.37. The third kappa shape index (κ3) is 3.24. The maximum Gasteiger partial charge on any atom is 0.252 e. The molecule has 1 aromatic carbocycles. The lowest BCUT2D eigenvalue weighted by atomic mass is 10.2. The highest BCUT2D eigenvalue weighted by Gasteiger charge is 2.28. The highest BCUT2D eigenvalue weighted by molar-refractivity contribution is 7.92. The molecule has 1 aliphatic heterocycles. The molecule has 2 rings (SSSR count). The first-order valence-corrected chi connectivity index (χ1v) is 8.27. The summed E-state index contributed by atoms with van der Waals surface area (Å²) in [5, 5.41) is 4.70. The van der Waals surface area contributed by atoms with Gasteiger partial charge < -0.3 is 10.6 Å². The Balaban J connectivity index is 2.28. The minimum Gasteiger partial charge on any atom is -0.354 e. The molecule has 2 amide bonds. The lowest BCUT2D eigenvalue weighted by Crippen LogP contribution is -2.37. The van der Waals surface area contributed by atoms with Gasteiger partial charge in [0.15, 0.2) is 9.84 Å². The Morgan fingerprint density at radius 1 is 1.33 bits per heavy atom. The Kier molecular flexibility index (Phi) is 4.32. The van der Waals surface area contributed by atoms with Crippen LogP contribution in [0.3, 0.4) is 0 Å². The van der Waals surface area contributed by atoms with E-state index in [2.05, 4.69) is 10.6 Å². The highest BCUT2D eigenvalue weighted by Crippen LogP contribution is 2.20. The van der Waals surface area contributed by atoms with Gasteiger partial charge in [0.1, 0.15) is 0 Å². The van der Waals surface area contributed by atoms with E-state index in [0.717, 1.165) is 0 Å². The lowest BCUT2D eigenvalue weighted by molar-refractivity contribution is -0.119. The van der Waals surface area contributed by atoms with Crippen molar-refractivity contribution in [3.63, 3.8) is 0 Å². The van der Waals surface area contributed by atoms with E-state index in [0.29, 0.717) is 6.54 Å². The predicted octanol–water partition coefficient (Wildman–Crippen LogP) is 0.487. The summed E-state index contributed by atoms with van der Waals surface area (Å²) in [7, 11) is -3.54. The van der Waals surface area contributed by atoms with Gasteiger partial charge in [-0.05, 0) is 26.0 Å². The van der Waals surface area contributed by atoms with Crippen LogP contribution in [0, 0.1) is 0 Å². The summed E-state index contributed by atoms with van der Waals surface area (Å²) in [6.07, 6.45) is 0.213. The van der Waals surface area contributed by atoms with Gasteiger partial charge in [0.25, 0.3) is 5.91 Å². The molecular weight excluding hydrogens is 292 g/mol. The van der Waals surface area contributed by atoms with Crippen molar-refractivity contribution in [1.29, 1.82) is 0 Å². The lowest BCUT2D eigenvalue weighted by Gasteiger charge is -2.15. The average molecular weight is 310 g/mol. The van der Waals surface area contributed by atoms with E-state index in [-0.39, 0.29) is 28.8 Å². The molecule has 1 aliphatic rings. The molecule has 21 heavy (non-hydrogen) atoms. The molecule has 6 nitrogen and oxygen atoms in total. The van der Waals surface area contributed by atoms with Crippen molar-refractivity contribution in [2.45, 2.75) is 36.5 Å². The molecule has 114 valence electrons. The van der Waals surface area contributed by atoms with Gasteiger partial charge in [-0.2, -0.15) is 0 Å². The molecule has 0 aliphatic carbocycles. The zero-order valence-corrected chi connectivity index (χ0v) is 12.7. The summed E-state index contributed by atoms with van der Waals surface area (Å²) < 4.78 is 24.6.